The molecule has 1 aromatic rings. The summed E-state index contributed by atoms with van der Waals surface area (Å²) in [4.78, 5) is 11.2. The summed E-state index contributed by atoms with van der Waals surface area (Å²) < 4.78 is 32.8. The number of thiophene rings is 1. The van der Waals surface area contributed by atoms with Gasteiger partial charge in [-0.2, -0.15) is 4.31 Å². The number of carboxylic acid groups (broad SMARTS) is 1. The Morgan fingerprint density at radius 2 is 2.09 bits per heavy atom. The van der Waals surface area contributed by atoms with E-state index in [-0.39, 0.29) is 9.09 Å². The minimum atomic E-state index is -3.71. The normalized spacial score (nSPS) is 21.5. The summed E-state index contributed by atoms with van der Waals surface area (Å²) in [6.45, 7) is 2.99. The predicted molar refractivity (Wildman–Crippen MR) is 81.8 cm³/mol. The van der Waals surface area contributed by atoms with Gasteiger partial charge in [0.1, 0.15) is 9.09 Å². The van der Waals surface area contributed by atoms with Gasteiger partial charge in [-0.25, -0.2) is 13.2 Å². The molecule has 3 heterocycles. The third-order valence-corrected chi connectivity index (χ3v) is 7.81. The van der Waals surface area contributed by atoms with Gasteiger partial charge in [0.2, 0.25) is 0 Å². The van der Waals surface area contributed by atoms with Gasteiger partial charge in [-0.3, -0.25) is 0 Å². The molecule has 120 valence electrons. The third-order valence-electron chi connectivity index (χ3n) is 4.19. The topological polar surface area (TPSA) is 83.9 Å². The second-order valence-electron chi connectivity index (χ2n) is 5.54. The summed E-state index contributed by atoms with van der Waals surface area (Å²) in [6.07, 6.45) is 5.06. The van der Waals surface area contributed by atoms with Gasteiger partial charge in [0.25, 0.3) is 10.0 Å². The fraction of sp³-hybridized carbons (Fsp3) is 0.500. The number of ether oxygens (including phenoxy) is 1. The number of rotatable bonds is 3. The molecule has 2 aliphatic rings. The van der Waals surface area contributed by atoms with Gasteiger partial charge in [0.15, 0.2) is 0 Å². The molecular weight excluding hydrogens is 326 g/mol. The zero-order valence-electron chi connectivity index (χ0n) is 12.1. The van der Waals surface area contributed by atoms with Crippen LogP contribution in [0.25, 0.3) is 0 Å². The molecule has 1 saturated heterocycles. The molecule has 22 heavy (non-hydrogen) atoms. The highest BCUT2D eigenvalue weighted by Crippen LogP contribution is 2.39. The number of hydrogen-bond acceptors (Lipinski definition) is 5. The Morgan fingerprint density at radius 3 is 2.68 bits per heavy atom. The summed E-state index contributed by atoms with van der Waals surface area (Å²) in [5.41, 5.74) is -0.0532. The Morgan fingerprint density at radius 1 is 1.41 bits per heavy atom. The first kappa shape index (κ1) is 15.7. The number of nitrogens with zero attached hydrogens (tertiary/aromatic N) is 1. The first-order chi connectivity index (χ1) is 10.4. The van der Waals surface area contributed by atoms with E-state index in [1.54, 1.807) is 6.92 Å². The maximum atomic E-state index is 13.0. The van der Waals surface area contributed by atoms with Crippen LogP contribution >= 0.6 is 11.3 Å². The third kappa shape index (κ3) is 2.40. The summed E-state index contributed by atoms with van der Waals surface area (Å²) in [7, 11) is -3.71. The van der Waals surface area contributed by atoms with E-state index in [9.17, 15) is 13.2 Å². The van der Waals surface area contributed by atoms with Crippen LogP contribution in [0, 0.1) is 6.92 Å². The first-order valence-corrected chi connectivity index (χ1v) is 9.24. The minimum Gasteiger partial charge on any atom is -0.477 e. The second kappa shape index (κ2) is 5.45. The Bertz CT molecular complexity index is 728. The molecule has 6 nitrogen and oxygen atoms in total. The summed E-state index contributed by atoms with van der Waals surface area (Å²) in [5, 5.41) is 9.13. The minimum absolute atomic E-state index is 0.0757. The lowest BCUT2D eigenvalue weighted by atomic mass is 9.92. The molecular formula is C14H17NO5S2. The van der Waals surface area contributed by atoms with Crippen molar-refractivity contribution >= 4 is 27.3 Å². The van der Waals surface area contributed by atoms with Gasteiger partial charge < -0.3 is 9.84 Å². The fourth-order valence-corrected chi connectivity index (χ4v) is 6.24. The van der Waals surface area contributed by atoms with Crippen LogP contribution in [0.2, 0.25) is 0 Å². The van der Waals surface area contributed by atoms with Crippen molar-refractivity contribution in [3.8, 4) is 0 Å². The van der Waals surface area contributed by atoms with Gasteiger partial charge in [-0.15, -0.1) is 11.3 Å². The van der Waals surface area contributed by atoms with Crippen LogP contribution in [-0.2, 0) is 14.8 Å². The van der Waals surface area contributed by atoms with Crippen molar-refractivity contribution in [1.29, 1.82) is 0 Å². The molecule has 0 aliphatic carbocycles. The van der Waals surface area contributed by atoms with Crippen LogP contribution in [-0.4, -0.2) is 49.1 Å². The van der Waals surface area contributed by atoms with Gasteiger partial charge in [0, 0.05) is 19.8 Å². The molecule has 8 heteroatoms. The second-order valence-corrected chi connectivity index (χ2v) is 8.68. The first-order valence-electron chi connectivity index (χ1n) is 6.99. The highest BCUT2D eigenvalue weighted by molar-refractivity contribution is 7.91. The number of aromatic carboxylic acids is 1. The quantitative estimate of drug-likeness (QED) is 0.847. The van der Waals surface area contributed by atoms with Crippen molar-refractivity contribution in [2.45, 2.75) is 29.5 Å². The molecule has 1 N–H and O–H groups in total. The van der Waals surface area contributed by atoms with E-state index >= 15 is 0 Å². The monoisotopic (exact) mass is 343 g/mol. The largest absolute Gasteiger partial charge is 0.477 e. The van der Waals surface area contributed by atoms with Crippen LogP contribution in [0.5, 0.6) is 0 Å². The molecule has 0 atom stereocenters. The van der Waals surface area contributed by atoms with E-state index < -0.39 is 21.5 Å². The van der Waals surface area contributed by atoms with Gasteiger partial charge in [-0.05, 0) is 31.4 Å². The van der Waals surface area contributed by atoms with E-state index in [1.807, 2.05) is 12.2 Å². The van der Waals surface area contributed by atoms with Crippen molar-refractivity contribution < 1.29 is 23.1 Å². The molecule has 0 unspecified atom stereocenters. The summed E-state index contributed by atoms with van der Waals surface area (Å²) in [5.74, 6) is -1.09. The maximum absolute atomic E-state index is 13.0. The van der Waals surface area contributed by atoms with E-state index in [1.165, 1.54) is 10.4 Å². The molecule has 0 saturated carbocycles. The smallest absolute Gasteiger partial charge is 0.346 e. The van der Waals surface area contributed by atoms with E-state index in [2.05, 4.69) is 0 Å². The molecule has 0 aromatic carbocycles. The van der Waals surface area contributed by atoms with Crippen LogP contribution in [0.1, 0.15) is 28.1 Å². The molecule has 1 spiro atoms. The number of sulfonamides is 1. The fourth-order valence-electron chi connectivity index (χ4n) is 3.01. The summed E-state index contributed by atoms with van der Waals surface area (Å²) in [6, 6.07) is 1.45. The van der Waals surface area contributed by atoms with E-state index in [0.29, 0.717) is 38.2 Å². The number of aryl methyl sites for hydroxylation is 1. The Labute approximate surface area is 133 Å². The number of hydrogen-bond donors (Lipinski definition) is 1. The average molecular weight is 343 g/mol. The molecule has 3 rings (SSSR count). The maximum Gasteiger partial charge on any atom is 0.346 e. The summed E-state index contributed by atoms with van der Waals surface area (Å²) >= 11 is 0.821. The van der Waals surface area contributed by atoms with Crippen molar-refractivity contribution in [3.05, 3.63) is 28.7 Å². The van der Waals surface area contributed by atoms with Crippen molar-refractivity contribution in [3.63, 3.8) is 0 Å². The lowest BCUT2D eigenvalue weighted by Crippen LogP contribution is -2.50. The van der Waals surface area contributed by atoms with Crippen LogP contribution in [0.15, 0.2) is 22.4 Å². The van der Waals surface area contributed by atoms with Gasteiger partial charge in [-0.1, -0.05) is 12.2 Å². The molecule has 0 bridgehead atoms. The average Bonchev–Trinajstić information content (AvgIpc) is 3.04. The van der Waals surface area contributed by atoms with Crippen LogP contribution in [0.3, 0.4) is 0 Å². The van der Waals surface area contributed by atoms with Crippen LogP contribution in [0.4, 0.5) is 0 Å². The van der Waals surface area contributed by atoms with Gasteiger partial charge >= 0.3 is 5.97 Å². The van der Waals surface area contributed by atoms with E-state index in [4.69, 9.17) is 9.84 Å². The lowest BCUT2D eigenvalue weighted by Gasteiger charge is -2.39. The number of carbonyl (C=O) groups is 1. The Kier molecular flexibility index (Phi) is 3.88. The Balaban J connectivity index is 1.99. The van der Waals surface area contributed by atoms with Crippen molar-refractivity contribution in [1.82, 2.24) is 4.31 Å². The zero-order valence-corrected chi connectivity index (χ0v) is 13.7. The SMILES string of the molecule is Cc1cc(S(=O)(=O)N2CC=CC23CCOCC3)sc1C(=O)O. The van der Waals surface area contributed by atoms with Gasteiger partial charge in [0.05, 0.1) is 5.54 Å². The van der Waals surface area contributed by atoms with Crippen LogP contribution < -0.4 is 0 Å². The Hall–Kier alpha value is -1.22. The highest BCUT2D eigenvalue weighted by Gasteiger charge is 2.46. The number of carboxylic acids is 1. The molecule has 1 fully saturated rings. The highest BCUT2D eigenvalue weighted by atomic mass is 32.2. The molecule has 0 radical (unpaired) electrons. The van der Waals surface area contributed by atoms with Crippen molar-refractivity contribution in [2.24, 2.45) is 0 Å². The van der Waals surface area contributed by atoms with Crippen molar-refractivity contribution in [2.75, 3.05) is 19.8 Å². The standard InChI is InChI=1S/C14H17NO5S2/c1-10-9-11(21-12(10)13(16)17)22(18,19)15-6-2-3-14(15)4-7-20-8-5-14/h2-3,9H,4-8H2,1H3,(H,16,17). The zero-order chi connectivity index (χ0) is 16.0. The predicted octanol–water partition coefficient (Wildman–Crippen LogP) is 1.86. The molecule has 1 aromatic heterocycles. The lowest BCUT2D eigenvalue weighted by molar-refractivity contribution is 0.0356. The van der Waals surface area contributed by atoms with E-state index in [0.717, 1.165) is 11.3 Å². The molecule has 0 amide bonds. The molecule has 2 aliphatic heterocycles.